The van der Waals surface area contributed by atoms with Crippen molar-refractivity contribution in [2.24, 2.45) is 5.92 Å². The fourth-order valence-corrected chi connectivity index (χ4v) is 3.16. The largest absolute Gasteiger partial charge is 0.457 e. The molecule has 0 aromatic carbocycles. The Kier molecular flexibility index (Phi) is 5.57. The Morgan fingerprint density at radius 3 is 2.70 bits per heavy atom. The summed E-state index contributed by atoms with van der Waals surface area (Å²) in [5.41, 5.74) is -2.21. The summed E-state index contributed by atoms with van der Waals surface area (Å²) in [6.45, 7) is 3.84. The molecule has 4 atom stereocenters. The maximum Gasteiger partial charge on any atom is 0.349 e. The van der Waals surface area contributed by atoms with Gasteiger partial charge in [0, 0.05) is 6.42 Å². The van der Waals surface area contributed by atoms with Crippen LogP contribution in [0.25, 0.3) is 0 Å². The minimum Gasteiger partial charge on any atom is -0.457 e. The lowest BCUT2D eigenvalue weighted by atomic mass is 9.79. The van der Waals surface area contributed by atoms with E-state index in [9.17, 15) is 19.5 Å². The highest BCUT2D eigenvalue weighted by Crippen LogP contribution is 2.38. The van der Waals surface area contributed by atoms with Gasteiger partial charge in [0.15, 0.2) is 5.78 Å². The summed E-state index contributed by atoms with van der Waals surface area (Å²) in [6.07, 6.45) is 7.92. The van der Waals surface area contributed by atoms with Crippen molar-refractivity contribution < 1.29 is 24.2 Å². The van der Waals surface area contributed by atoms with E-state index in [0.29, 0.717) is 6.42 Å². The highest BCUT2D eigenvalue weighted by atomic mass is 16.6. The van der Waals surface area contributed by atoms with Crippen LogP contribution >= 0.6 is 0 Å². The number of carbonyl (C=O) groups excluding carboxylic acids is 3. The number of unbranched alkanes of at least 4 members (excludes halogenated alkanes) is 4. The molecule has 0 radical (unpaired) electrons. The van der Waals surface area contributed by atoms with Gasteiger partial charge in [-0.25, -0.2) is 4.79 Å². The molecule has 6 nitrogen and oxygen atoms in total. The third-order valence-electron chi connectivity index (χ3n) is 4.60. The lowest BCUT2D eigenvalue weighted by Crippen LogP contribution is -2.62. The molecule has 6 heteroatoms. The van der Waals surface area contributed by atoms with Gasteiger partial charge in [-0.05, 0) is 19.4 Å². The Hall–Kier alpha value is -1.69. The number of rotatable bonds is 8. The van der Waals surface area contributed by atoms with Crippen LogP contribution < -0.4 is 5.32 Å². The van der Waals surface area contributed by atoms with Gasteiger partial charge < -0.3 is 15.2 Å². The van der Waals surface area contributed by atoms with Crippen LogP contribution in [-0.4, -0.2) is 40.5 Å². The molecule has 2 aliphatic rings. The predicted molar refractivity (Wildman–Crippen MR) is 83.4 cm³/mol. The Balaban J connectivity index is 1.94. The number of fused-ring (bicyclic) bond motifs is 2. The van der Waals surface area contributed by atoms with Crippen LogP contribution in [-0.2, 0) is 19.1 Å². The van der Waals surface area contributed by atoms with E-state index in [1.807, 2.05) is 0 Å². The molecule has 0 aliphatic carbocycles. The van der Waals surface area contributed by atoms with E-state index >= 15 is 0 Å². The first-order chi connectivity index (χ1) is 10.9. The molecule has 2 unspecified atom stereocenters. The van der Waals surface area contributed by atoms with E-state index in [2.05, 4.69) is 12.2 Å². The van der Waals surface area contributed by atoms with Crippen molar-refractivity contribution in [3.05, 3.63) is 12.2 Å². The quantitative estimate of drug-likeness (QED) is 0.304. The van der Waals surface area contributed by atoms with Gasteiger partial charge in [-0.15, -0.1) is 0 Å². The molecular weight excluding hydrogens is 298 g/mol. The standard InChI is InChI=1S/C17H25NO5/c1-3-4-5-6-7-8-12(19)9-10-13-14-11(2)18-15(20)17(13,22)16(21)23-14/h9-11,13-14,22H,3-8H2,1-2H3,(H,18,20)/b10-9+/t11-,13?,14+,17?/m1/s1. The maximum atomic E-state index is 11.9. The molecule has 2 aliphatic heterocycles. The van der Waals surface area contributed by atoms with Gasteiger partial charge in [-0.1, -0.05) is 38.7 Å². The van der Waals surface area contributed by atoms with Crippen molar-refractivity contribution in [2.45, 2.75) is 70.1 Å². The summed E-state index contributed by atoms with van der Waals surface area (Å²) >= 11 is 0. The van der Waals surface area contributed by atoms with Crippen molar-refractivity contribution in [2.75, 3.05) is 0 Å². The Labute approximate surface area is 136 Å². The van der Waals surface area contributed by atoms with E-state index in [1.54, 1.807) is 6.92 Å². The number of hydrogen-bond donors (Lipinski definition) is 2. The van der Waals surface area contributed by atoms with Crippen LogP contribution in [0.5, 0.6) is 0 Å². The van der Waals surface area contributed by atoms with Crippen LogP contribution in [0.4, 0.5) is 0 Å². The monoisotopic (exact) mass is 323 g/mol. The topological polar surface area (TPSA) is 92.7 Å². The SMILES string of the molecule is CCCCCCCC(=O)/C=C/C1[C@H]2OC(=O)C1(O)C(=O)N[C@@H]2C. The number of carbonyl (C=O) groups is 3. The fourth-order valence-electron chi connectivity index (χ4n) is 3.16. The molecule has 0 aromatic rings. The van der Waals surface area contributed by atoms with Crippen molar-refractivity contribution in [3.8, 4) is 0 Å². The lowest BCUT2D eigenvalue weighted by molar-refractivity contribution is -0.160. The fraction of sp³-hybridized carbons (Fsp3) is 0.706. The van der Waals surface area contributed by atoms with Crippen LogP contribution in [0.15, 0.2) is 12.2 Å². The Bertz CT molecular complexity index is 515. The van der Waals surface area contributed by atoms with Crippen molar-refractivity contribution in [1.82, 2.24) is 5.32 Å². The second kappa shape index (κ2) is 7.25. The number of aliphatic hydroxyl groups is 1. The zero-order valence-corrected chi connectivity index (χ0v) is 13.7. The van der Waals surface area contributed by atoms with Gasteiger partial charge in [0.05, 0.1) is 12.0 Å². The van der Waals surface area contributed by atoms with Gasteiger partial charge in [-0.2, -0.15) is 0 Å². The summed E-state index contributed by atoms with van der Waals surface area (Å²) in [4.78, 5) is 35.7. The van der Waals surface area contributed by atoms with Crippen molar-refractivity contribution in [3.63, 3.8) is 0 Å². The molecule has 2 bridgehead atoms. The van der Waals surface area contributed by atoms with E-state index in [4.69, 9.17) is 4.74 Å². The number of esters is 1. The highest BCUT2D eigenvalue weighted by Gasteiger charge is 2.65. The van der Waals surface area contributed by atoms with Crippen molar-refractivity contribution in [1.29, 1.82) is 0 Å². The van der Waals surface area contributed by atoms with Crippen LogP contribution in [0.2, 0.25) is 0 Å². The molecule has 0 aromatic heterocycles. The number of ketones is 1. The average molecular weight is 323 g/mol. The summed E-state index contributed by atoms with van der Waals surface area (Å²) in [5, 5.41) is 12.9. The van der Waals surface area contributed by atoms with Crippen LogP contribution in [0.3, 0.4) is 0 Å². The normalized spacial score (nSPS) is 32.9. The summed E-state index contributed by atoms with van der Waals surface area (Å²) in [5.74, 6) is -2.57. The zero-order chi connectivity index (χ0) is 17.0. The molecule has 2 fully saturated rings. The van der Waals surface area contributed by atoms with Gasteiger partial charge in [0.2, 0.25) is 0 Å². The molecule has 128 valence electrons. The smallest absolute Gasteiger partial charge is 0.349 e. The minimum absolute atomic E-state index is 0.0596. The molecule has 2 N–H and O–H groups in total. The number of piperidine rings is 1. The number of nitrogens with one attached hydrogen (secondary N) is 1. The number of hydrogen-bond acceptors (Lipinski definition) is 5. The highest BCUT2D eigenvalue weighted by molar-refractivity contribution is 6.09. The first-order valence-corrected chi connectivity index (χ1v) is 8.36. The number of amides is 1. The van der Waals surface area contributed by atoms with Crippen LogP contribution in [0, 0.1) is 5.92 Å². The maximum absolute atomic E-state index is 11.9. The Morgan fingerprint density at radius 1 is 1.30 bits per heavy atom. The summed E-state index contributed by atoms with van der Waals surface area (Å²) < 4.78 is 5.11. The van der Waals surface area contributed by atoms with E-state index in [0.717, 1.165) is 25.7 Å². The minimum atomic E-state index is -2.21. The van der Waals surface area contributed by atoms with Gasteiger partial charge in [0.25, 0.3) is 11.5 Å². The molecule has 0 spiro atoms. The molecular formula is C17H25NO5. The molecule has 1 amide bonds. The first-order valence-electron chi connectivity index (χ1n) is 8.36. The molecule has 2 saturated heterocycles. The van der Waals surface area contributed by atoms with Gasteiger partial charge in [-0.3, -0.25) is 9.59 Å². The summed E-state index contributed by atoms with van der Waals surface area (Å²) in [7, 11) is 0. The second-order valence-corrected chi connectivity index (χ2v) is 6.41. The Morgan fingerprint density at radius 2 is 2.00 bits per heavy atom. The van der Waals surface area contributed by atoms with E-state index < -0.39 is 35.5 Å². The average Bonchev–Trinajstić information content (AvgIpc) is 2.73. The van der Waals surface area contributed by atoms with Gasteiger partial charge in [0.1, 0.15) is 6.10 Å². The van der Waals surface area contributed by atoms with E-state index in [-0.39, 0.29) is 5.78 Å². The number of allylic oxidation sites excluding steroid dienone is 1. The third kappa shape index (κ3) is 3.47. The predicted octanol–water partition coefficient (Wildman–Crippen LogP) is 1.26. The molecule has 0 saturated carbocycles. The molecule has 23 heavy (non-hydrogen) atoms. The van der Waals surface area contributed by atoms with E-state index in [1.165, 1.54) is 18.6 Å². The zero-order valence-electron chi connectivity index (χ0n) is 13.7. The number of ether oxygens (including phenoxy) is 1. The molecule has 2 heterocycles. The third-order valence-corrected chi connectivity index (χ3v) is 4.60. The summed E-state index contributed by atoms with van der Waals surface area (Å²) in [6, 6.07) is -0.395. The first kappa shape index (κ1) is 17.7. The van der Waals surface area contributed by atoms with Crippen LogP contribution in [0.1, 0.15) is 52.4 Å². The second-order valence-electron chi connectivity index (χ2n) is 6.41. The van der Waals surface area contributed by atoms with Crippen molar-refractivity contribution >= 4 is 17.7 Å². The van der Waals surface area contributed by atoms with Gasteiger partial charge >= 0.3 is 5.97 Å². The lowest BCUT2D eigenvalue weighted by Gasteiger charge is -2.33. The molecule has 2 rings (SSSR count).